The first-order chi connectivity index (χ1) is 6.61. The Morgan fingerprint density at radius 2 is 1.86 bits per heavy atom. The molecule has 1 fully saturated rings. The summed E-state index contributed by atoms with van der Waals surface area (Å²) in [5, 5.41) is 2.93. The fraction of sp³-hybridized carbons (Fsp3) is 0.909. The first-order valence-corrected chi connectivity index (χ1v) is 5.64. The molecule has 82 valence electrons. The van der Waals surface area contributed by atoms with Crippen LogP contribution in [0.1, 0.15) is 46.0 Å². The summed E-state index contributed by atoms with van der Waals surface area (Å²) in [5.41, 5.74) is 0. The van der Waals surface area contributed by atoms with Crippen molar-refractivity contribution in [3.63, 3.8) is 0 Å². The Kier molecular flexibility index (Phi) is 4.23. The summed E-state index contributed by atoms with van der Waals surface area (Å²) in [6.45, 7) is 3.99. The lowest BCUT2D eigenvalue weighted by Crippen LogP contribution is -2.46. The number of carbonyl (C=O) groups is 1. The van der Waals surface area contributed by atoms with Crippen molar-refractivity contribution in [1.82, 2.24) is 10.2 Å². The van der Waals surface area contributed by atoms with E-state index < -0.39 is 0 Å². The molecule has 1 rings (SSSR count). The Morgan fingerprint density at radius 1 is 1.29 bits per heavy atom. The third-order valence-electron chi connectivity index (χ3n) is 2.85. The summed E-state index contributed by atoms with van der Waals surface area (Å²) in [5.74, 6) is 0. The monoisotopic (exact) mass is 198 g/mol. The number of hydrogen-bond donors (Lipinski definition) is 1. The molecule has 1 saturated carbocycles. The van der Waals surface area contributed by atoms with Crippen LogP contribution in [-0.4, -0.2) is 30.1 Å². The molecule has 0 spiro atoms. The highest BCUT2D eigenvalue weighted by atomic mass is 16.2. The summed E-state index contributed by atoms with van der Waals surface area (Å²) in [4.78, 5) is 13.5. The maximum atomic E-state index is 11.7. The number of nitrogens with one attached hydrogen (secondary N) is 1. The average Bonchev–Trinajstić information content (AvgIpc) is 2.17. The standard InChI is InChI=1S/C11H22N2O/c1-9(2)12-11(14)13(3)10-7-5-4-6-8-10/h9-10H,4-8H2,1-3H3,(H,12,14). The smallest absolute Gasteiger partial charge is 0.317 e. The highest BCUT2D eigenvalue weighted by molar-refractivity contribution is 5.74. The van der Waals surface area contributed by atoms with Gasteiger partial charge in [-0.05, 0) is 26.7 Å². The topological polar surface area (TPSA) is 32.3 Å². The molecule has 0 aliphatic heterocycles. The van der Waals surface area contributed by atoms with Gasteiger partial charge in [-0.2, -0.15) is 0 Å². The van der Waals surface area contributed by atoms with Gasteiger partial charge in [-0.15, -0.1) is 0 Å². The van der Waals surface area contributed by atoms with E-state index in [-0.39, 0.29) is 12.1 Å². The fourth-order valence-corrected chi connectivity index (χ4v) is 1.98. The van der Waals surface area contributed by atoms with Crippen LogP contribution in [0.2, 0.25) is 0 Å². The van der Waals surface area contributed by atoms with E-state index in [2.05, 4.69) is 5.32 Å². The minimum absolute atomic E-state index is 0.0758. The van der Waals surface area contributed by atoms with E-state index in [4.69, 9.17) is 0 Å². The molecule has 2 amide bonds. The van der Waals surface area contributed by atoms with Gasteiger partial charge in [0.1, 0.15) is 0 Å². The van der Waals surface area contributed by atoms with Crippen LogP contribution in [0.4, 0.5) is 4.79 Å². The lowest BCUT2D eigenvalue weighted by molar-refractivity contribution is 0.171. The van der Waals surface area contributed by atoms with Gasteiger partial charge in [0.05, 0.1) is 0 Å². The number of hydrogen-bond acceptors (Lipinski definition) is 1. The second kappa shape index (κ2) is 5.23. The van der Waals surface area contributed by atoms with Gasteiger partial charge in [-0.3, -0.25) is 0 Å². The normalized spacial score (nSPS) is 18.3. The zero-order valence-electron chi connectivity index (χ0n) is 9.55. The Balaban J connectivity index is 2.38. The predicted octanol–water partition coefficient (Wildman–Crippen LogP) is 2.37. The molecule has 0 bridgehead atoms. The number of urea groups is 1. The highest BCUT2D eigenvalue weighted by Gasteiger charge is 2.21. The molecule has 1 N–H and O–H groups in total. The number of nitrogens with zero attached hydrogens (tertiary/aromatic N) is 1. The van der Waals surface area contributed by atoms with Crippen LogP contribution >= 0.6 is 0 Å². The molecule has 0 aromatic heterocycles. The van der Waals surface area contributed by atoms with Gasteiger partial charge in [0.2, 0.25) is 0 Å². The summed E-state index contributed by atoms with van der Waals surface area (Å²) >= 11 is 0. The highest BCUT2D eigenvalue weighted by Crippen LogP contribution is 2.21. The molecule has 1 aliphatic carbocycles. The predicted molar refractivity (Wildman–Crippen MR) is 58.3 cm³/mol. The van der Waals surface area contributed by atoms with Crippen molar-refractivity contribution in [2.75, 3.05) is 7.05 Å². The van der Waals surface area contributed by atoms with E-state index in [1.807, 2.05) is 25.8 Å². The van der Waals surface area contributed by atoms with Crippen molar-refractivity contribution in [3.05, 3.63) is 0 Å². The van der Waals surface area contributed by atoms with Crippen LogP contribution in [0.3, 0.4) is 0 Å². The molecule has 3 heteroatoms. The molecule has 0 atom stereocenters. The molecule has 0 aromatic rings. The van der Waals surface area contributed by atoms with Crippen LogP contribution in [0.15, 0.2) is 0 Å². The van der Waals surface area contributed by atoms with E-state index in [0.717, 1.165) is 0 Å². The SMILES string of the molecule is CC(C)NC(=O)N(C)C1CCCCC1. The van der Waals surface area contributed by atoms with Gasteiger partial charge >= 0.3 is 6.03 Å². The van der Waals surface area contributed by atoms with Crippen molar-refractivity contribution in [1.29, 1.82) is 0 Å². The zero-order chi connectivity index (χ0) is 10.6. The zero-order valence-corrected chi connectivity index (χ0v) is 9.55. The third kappa shape index (κ3) is 3.20. The number of amides is 2. The lowest BCUT2D eigenvalue weighted by Gasteiger charge is -2.31. The lowest BCUT2D eigenvalue weighted by atomic mass is 9.95. The Morgan fingerprint density at radius 3 is 2.36 bits per heavy atom. The molecule has 0 heterocycles. The fourth-order valence-electron chi connectivity index (χ4n) is 1.98. The van der Waals surface area contributed by atoms with Crippen LogP contribution in [-0.2, 0) is 0 Å². The van der Waals surface area contributed by atoms with E-state index in [1.54, 1.807) is 0 Å². The van der Waals surface area contributed by atoms with Crippen molar-refractivity contribution in [3.8, 4) is 0 Å². The summed E-state index contributed by atoms with van der Waals surface area (Å²) in [7, 11) is 1.91. The first kappa shape index (κ1) is 11.3. The van der Waals surface area contributed by atoms with Gasteiger partial charge < -0.3 is 10.2 Å². The van der Waals surface area contributed by atoms with Gasteiger partial charge in [0, 0.05) is 19.1 Å². The van der Waals surface area contributed by atoms with Crippen LogP contribution in [0, 0.1) is 0 Å². The second-order valence-corrected chi connectivity index (χ2v) is 4.51. The maximum Gasteiger partial charge on any atom is 0.317 e. The summed E-state index contributed by atoms with van der Waals surface area (Å²) < 4.78 is 0. The molecular formula is C11H22N2O. The molecule has 14 heavy (non-hydrogen) atoms. The Bertz CT molecular complexity index is 186. The van der Waals surface area contributed by atoms with Crippen LogP contribution in [0.25, 0.3) is 0 Å². The third-order valence-corrected chi connectivity index (χ3v) is 2.85. The molecule has 0 aromatic carbocycles. The van der Waals surface area contributed by atoms with Gasteiger partial charge in [0.15, 0.2) is 0 Å². The van der Waals surface area contributed by atoms with Gasteiger partial charge in [0.25, 0.3) is 0 Å². The first-order valence-electron chi connectivity index (χ1n) is 5.64. The van der Waals surface area contributed by atoms with Crippen molar-refractivity contribution < 1.29 is 4.79 Å². The second-order valence-electron chi connectivity index (χ2n) is 4.51. The van der Waals surface area contributed by atoms with E-state index >= 15 is 0 Å². The average molecular weight is 198 g/mol. The molecule has 0 unspecified atom stereocenters. The van der Waals surface area contributed by atoms with Gasteiger partial charge in [-0.1, -0.05) is 19.3 Å². The van der Waals surface area contributed by atoms with Crippen molar-refractivity contribution in [2.45, 2.75) is 58.0 Å². The Labute approximate surface area is 86.9 Å². The molecule has 0 radical (unpaired) electrons. The molecule has 0 saturated heterocycles. The summed E-state index contributed by atoms with van der Waals surface area (Å²) in [6, 6.07) is 0.767. The number of carbonyl (C=O) groups excluding carboxylic acids is 1. The molecule has 1 aliphatic rings. The Hall–Kier alpha value is -0.730. The van der Waals surface area contributed by atoms with E-state index in [0.29, 0.717) is 6.04 Å². The molecular weight excluding hydrogens is 176 g/mol. The molecule has 3 nitrogen and oxygen atoms in total. The van der Waals surface area contributed by atoms with Crippen LogP contribution in [0.5, 0.6) is 0 Å². The summed E-state index contributed by atoms with van der Waals surface area (Å²) in [6.07, 6.45) is 6.20. The van der Waals surface area contributed by atoms with Crippen molar-refractivity contribution in [2.24, 2.45) is 0 Å². The minimum atomic E-state index is 0.0758. The minimum Gasteiger partial charge on any atom is -0.336 e. The van der Waals surface area contributed by atoms with Crippen molar-refractivity contribution >= 4 is 6.03 Å². The maximum absolute atomic E-state index is 11.7. The van der Waals surface area contributed by atoms with E-state index in [9.17, 15) is 4.79 Å². The number of rotatable bonds is 2. The quantitative estimate of drug-likeness (QED) is 0.726. The van der Waals surface area contributed by atoms with Crippen LogP contribution < -0.4 is 5.32 Å². The van der Waals surface area contributed by atoms with Gasteiger partial charge in [-0.25, -0.2) is 4.79 Å². The largest absolute Gasteiger partial charge is 0.336 e. The van der Waals surface area contributed by atoms with E-state index in [1.165, 1.54) is 32.1 Å².